The fourth-order valence-electron chi connectivity index (χ4n) is 1.80. The smallest absolute Gasteiger partial charge is 0.216 e. The van der Waals surface area contributed by atoms with Crippen LogP contribution in [0.3, 0.4) is 0 Å². The van der Waals surface area contributed by atoms with Crippen molar-refractivity contribution >= 4 is 5.82 Å². The molecule has 2 rings (SSSR count). The Bertz CT molecular complexity index is 514. The highest BCUT2D eigenvalue weighted by Crippen LogP contribution is 2.15. The number of hydrogen-bond donors (Lipinski definition) is 1. The molecule has 0 unspecified atom stereocenters. The topological polar surface area (TPSA) is 47.7 Å². The molecule has 0 bridgehead atoms. The van der Waals surface area contributed by atoms with E-state index in [0.29, 0.717) is 18.7 Å². The summed E-state index contributed by atoms with van der Waals surface area (Å²) in [5.41, 5.74) is 0.563. The lowest BCUT2D eigenvalue weighted by Gasteiger charge is -2.12. The molecule has 1 N–H and O–H groups in total. The van der Waals surface area contributed by atoms with Crippen molar-refractivity contribution in [3.63, 3.8) is 0 Å². The summed E-state index contributed by atoms with van der Waals surface area (Å²) in [5.74, 6) is 0.606. The van der Waals surface area contributed by atoms with E-state index in [-0.39, 0.29) is 12.0 Å². The molecule has 0 amide bonds. The van der Waals surface area contributed by atoms with Crippen LogP contribution in [0.2, 0.25) is 0 Å². The zero-order chi connectivity index (χ0) is 13.1. The maximum absolute atomic E-state index is 13.8. The van der Waals surface area contributed by atoms with Crippen LogP contribution in [0, 0.1) is 5.95 Å². The molecule has 0 aromatic carbocycles. The molecule has 98 valence electrons. The lowest BCUT2D eigenvalue weighted by Crippen LogP contribution is -2.10. The summed E-state index contributed by atoms with van der Waals surface area (Å²) in [6.45, 7) is 6.91. The van der Waals surface area contributed by atoms with E-state index in [2.05, 4.69) is 15.5 Å². The van der Waals surface area contributed by atoms with Crippen LogP contribution >= 0.6 is 0 Å². The van der Waals surface area contributed by atoms with Crippen LogP contribution < -0.4 is 5.32 Å². The van der Waals surface area contributed by atoms with Crippen LogP contribution in [-0.4, -0.2) is 19.6 Å². The van der Waals surface area contributed by atoms with Crippen molar-refractivity contribution in [3.05, 3.63) is 30.0 Å². The molecule has 0 aliphatic heterocycles. The molecule has 18 heavy (non-hydrogen) atoms. The van der Waals surface area contributed by atoms with Gasteiger partial charge < -0.3 is 5.32 Å². The molecule has 0 saturated carbocycles. The third kappa shape index (κ3) is 2.37. The first-order chi connectivity index (χ1) is 8.63. The van der Waals surface area contributed by atoms with E-state index in [1.807, 2.05) is 31.5 Å². The number of aryl methyl sites for hydroxylation is 1. The van der Waals surface area contributed by atoms with Crippen molar-refractivity contribution in [1.29, 1.82) is 0 Å². The molecule has 0 spiro atoms. The van der Waals surface area contributed by atoms with E-state index in [1.165, 1.54) is 4.68 Å². The molecule has 6 heteroatoms. The summed E-state index contributed by atoms with van der Waals surface area (Å²) >= 11 is 0. The van der Waals surface area contributed by atoms with Gasteiger partial charge in [-0.3, -0.25) is 0 Å². The molecule has 5 nitrogen and oxygen atoms in total. The third-order valence-corrected chi connectivity index (χ3v) is 2.76. The highest BCUT2D eigenvalue weighted by molar-refractivity contribution is 5.35. The van der Waals surface area contributed by atoms with Gasteiger partial charge in [0.25, 0.3) is 0 Å². The van der Waals surface area contributed by atoms with Crippen molar-refractivity contribution in [2.24, 2.45) is 0 Å². The second kappa shape index (κ2) is 5.20. The average molecular weight is 251 g/mol. The third-order valence-electron chi connectivity index (χ3n) is 2.76. The van der Waals surface area contributed by atoms with Gasteiger partial charge in [-0.25, -0.2) is 9.36 Å². The van der Waals surface area contributed by atoms with Gasteiger partial charge >= 0.3 is 0 Å². The predicted molar refractivity (Wildman–Crippen MR) is 67.8 cm³/mol. The number of hydrogen-bond acceptors (Lipinski definition) is 3. The van der Waals surface area contributed by atoms with Crippen molar-refractivity contribution < 1.29 is 4.39 Å². The second-order valence-electron chi connectivity index (χ2n) is 4.38. The van der Waals surface area contributed by atoms with E-state index >= 15 is 0 Å². The van der Waals surface area contributed by atoms with Gasteiger partial charge in [-0.1, -0.05) is 0 Å². The van der Waals surface area contributed by atoms with Gasteiger partial charge in [0.2, 0.25) is 5.95 Å². The minimum Gasteiger partial charge on any atom is -0.366 e. The largest absolute Gasteiger partial charge is 0.366 e. The normalized spacial score (nSPS) is 11.2. The van der Waals surface area contributed by atoms with Gasteiger partial charge in [0.1, 0.15) is 5.82 Å². The molecular weight excluding hydrogens is 233 g/mol. The van der Waals surface area contributed by atoms with Crippen molar-refractivity contribution in [2.75, 3.05) is 5.32 Å². The van der Waals surface area contributed by atoms with E-state index < -0.39 is 0 Å². The SMILES string of the molecule is CCn1ncc(CNc2ccnn2C(C)C)c1F. The van der Waals surface area contributed by atoms with Crippen molar-refractivity contribution in [3.8, 4) is 0 Å². The Morgan fingerprint density at radius 3 is 2.78 bits per heavy atom. The molecule has 2 heterocycles. The van der Waals surface area contributed by atoms with Crippen LogP contribution in [-0.2, 0) is 13.1 Å². The lowest BCUT2D eigenvalue weighted by molar-refractivity contribution is 0.465. The molecule has 0 fully saturated rings. The Kier molecular flexibility index (Phi) is 3.64. The Labute approximate surface area is 106 Å². The van der Waals surface area contributed by atoms with E-state index in [4.69, 9.17) is 0 Å². The van der Waals surface area contributed by atoms with Crippen LogP contribution in [0.25, 0.3) is 0 Å². The molecule has 2 aromatic heterocycles. The van der Waals surface area contributed by atoms with Gasteiger partial charge in [0, 0.05) is 30.8 Å². The summed E-state index contributed by atoms with van der Waals surface area (Å²) in [5, 5.41) is 11.4. The molecule has 2 aromatic rings. The first-order valence-electron chi connectivity index (χ1n) is 6.11. The summed E-state index contributed by atoms with van der Waals surface area (Å²) in [7, 11) is 0. The standard InChI is InChI=1S/C12H18FN5/c1-4-17-12(13)10(8-16-17)7-14-11-5-6-15-18(11)9(2)3/h5-6,8-9,14H,4,7H2,1-3H3. The molecule has 0 atom stereocenters. The van der Waals surface area contributed by atoms with Gasteiger partial charge in [0.15, 0.2) is 0 Å². The summed E-state index contributed by atoms with van der Waals surface area (Å²) in [6.07, 6.45) is 3.29. The first-order valence-corrected chi connectivity index (χ1v) is 6.11. The van der Waals surface area contributed by atoms with Gasteiger partial charge in [0.05, 0.1) is 12.4 Å². The average Bonchev–Trinajstić information content (AvgIpc) is 2.93. The first kappa shape index (κ1) is 12.6. The fourth-order valence-corrected chi connectivity index (χ4v) is 1.80. The second-order valence-corrected chi connectivity index (χ2v) is 4.38. The highest BCUT2D eigenvalue weighted by Gasteiger charge is 2.10. The zero-order valence-electron chi connectivity index (χ0n) is 10.9. The summed E-state index contributed by atoms with van der Waals surface area (Å²) < 4.78 is 17.0. The van der Waals surface area contributed by atoms with Crippen LogP contribution in [0.4, 0.5) is 10.2 Å². The molecule has 0 aliphatic rings. The molecule has 0 radical (unpaired) electrons. The monoisotopic (exact) mass is 251 g/mol. The maximum atomic E-state index is 13.8. The van der Waals surface area contributed by atoms with Crippen LogP contribution in [0.5, 0.6) is 0 Å². The Hall–Kier alpha value is -1.85. The van der Waals surface area contributed by atoms with Crippen LogP contribution in [0.1, 0.15) is 32.4 Å². The van der Waals surface area contributed by atoms with Crippen molar-refractivity contribution in [1.82, 2.24) is 19.6 Å². The maximum Gasteiger partial charge on any atom is 0.216 e. The fraction of sp³-hybridized carbons (Fsp3) is 0.500. The summed E-state index contributed by atoms with van der Waals surface area (Å²) in [4.78, 5) is 0. The van der Waals surface area contributed by atoms with Gasteiger partial charge in [-0.15, -0.1) is 0 Å². The van der Waals surface area contributed by atoms with Crippen LogP contribution in [0.15, 0.2) is 18.5 Å². The number of aromatic nitrogens is 4. The van der Waals surface area contributed by atoms with E-state index in [1.54, 1.807) is 12.4 Å². The van der Waals surface area contributed by atoms with Gasteiger partial charge in [-0.05, 0) is 20.8 Å². The lowest BCUT2D eigenvalue weighted by atomic mass is 10.3. The minimum atomic E-state index is -0.277. The Morgan fingerprint density at radius 2 is 2.17 bits per heavy atom. The number of anilines is 1. The minimum absolute atomic E-state index is 0.269. The predicted octanol–water partition coefficient (Wildman–Crippen LogP) is 2.43. The Balaban J connectivity index is 2.07. The number of nitrogens with one attached hydrogen (secondary N) is 1. The number of halogens is 1. The zero-order valence-corrected chi connectivity index (χ0v) is 10.9. The highest BCUT2D eigenvalue weighted by atomic mass is 19.1. The van der Waals surface area contributed by atoms with E-state index in [0.717, 1.165) is 5.82 Å². The number of rotatable bonds is 5. The van der Waals surface area contributed by atoms with Crippen molar-refractivity contribution in [2.45, 2.75) is 39.9 Å². The number of nitrogens with zero attached hydrogens (tertiary/aromatic N) is 4. The Morgan fingerprint density at radius 1 is 1.39 bits per heavy atom. The van der Waals surface area contributed by atoms with E-state index in [9.17, 15) is 4.39 Å². The molecule has 0 aliphatic carbocycles. The molecular formula is C12H18FN5. The van der Waals surface area contributed by atoms with Gasteiger partial charge in [-0.2, -0.15) is 14.6 Å². The molecule has 0 saturated heterocycles. The summed E-state index contributed by atoms with van der Waals surface area (Å²) in [6, 6.07) is 2.15. The quantitative estimate of drug-likeness (QED) is 0.887.